The predicted octanol–water partition coefficient (Wildman–Crippen LogP) is 2.00. The lowest BCUT2D eigenvalue weighted by Gasteiger charge is -2.15. The Kier molecular flexibility index (Phi) is 4.81. The maximum absolute atomic E-state index is 5.59. The largest absolute Gasteiger partial charge is 0.271 e. The number of hydrazine groups is 1. The molecule has 0 aliphatic heterocycles. The number of hydrogen-bond donors (Lipinski definition) is 2. The highest BCUT2D eigenvalue weighted by atomic mass is 15.2. The fraction of sp³-hybridized carbons (Fsp3) is 0.286. The number of nitrogens with zero attached hydrogens (tertiary/aromatic N) is 2. The summed E-state index contributed by atoms with van der Waals surface area (Å²) in [6, 6.07) is 12.6. The van der Waals surface area contributed by atoms with Gasteiger partial charge in [0, 0.05) is 12.2 Å². The summed E-state index contributed by atoms with van der Waals surface area (Å²) in [4.78, 5) is 0. The summed E-state index contributed by atoms with van der Waals surface area (Å²) in [5.41, 5.74) is 5.28. The van der Waals surface area contributed by atoms with Crippen LogP contribution in [0.25, 0.3) is 0 Å². The Bertz CT molecular complexity index is 444. The molecule has 1 aromatic heterocycles. The topological polar surface area (TPSA) is 63.8 Å². The predicted molar refractivity (Wildman–Crippen MR) is 71.5 cm³/mol. The highest BCUT2D eigenvalue weighted by molar-refractivity contribution is 5.15. The highest BCUT2D eigenvalue weighted by Gasteiger charge is 2.09. The van der Waals surface area contributed by atoms with E-state index in [1.807, 2.05) is 12.1 Å². The lowest BCUT2D eigenvalue weighted by atomic mass is 10.0. The maximum atomic E-state index is 5.59. The van der Waals surface area contributed by atoms with Gasteiger partial charge in [-0.1, -0.05) is 30.3 Å². The summed E-state index contributed by atoms with van der Waals surface area (Å²) in [7, 11) is 0. The second kappa shape index (κ2) is 6.83. The van der Waals surface area contributed by atoms with Crippen molar-refractivity contribution < 1.29 is 0 Å². The van der Waals surface area contributed by atoms with Crippen LogP contribution in [0.3, 0.4) is 0 Å². The molecule has 0 saturated carbocycles. The molecule has 0 aliphatic carbocycles. The number of hydrogen-bond acceptors (Lipinski definition) is 4. The number of nitrogens with two attached hydrogens (primary N) is 1. The fourth-order valence-electron chi connectivity index (χ4n) is 2.01. The number of rotatable bonds is 6. The monoisotopic (exact) mass is 242 g/mol. The van der Waals surface area contributed by atoms with Crippen LogP contribution in [0.5, 0.6) is 0 Å². The molecule has 0 aliphatic rings. The summed E-state index contributed by atoms with van der Waals surface area (Å²) < 4.78 is 0. The third-order valence-electron chi connectivity index (χ3n) is 3.01. The zero-order valence-electron chi connectivity index (χ0n) is 10.3. The smallest absolute Gasteiger partial charge is 0.0544 e. The van der Waals surface area contributed by atoms with E-state index in [2.05, 4.69) is 39.9 Å². The van der Waals surface area contributed by atoms with Gasteiger partial charge in [0.05, 0.1) is 6.20 Å². The Morgan fingerprint density at radius 2 is 1.94 bits per heavy atom. The Labute approximate surface area is 107 Å². The van der Waals surface area contributed by atoms with Crippen LogP contribution in [-0.2, 0) is 6.42 Å². The van der Waals surface area contributed by atoms with Crippen molar-refractivity contribution in [3.8, 4) is 0 Å². The molecule has 0 spiro atoms. The van der Waals surface area contributed by atoms with E-state index in [0.717, 1.165) is 24.8 Å². The van der Waals surface area contributed by atoms with Gasteiger partial charge in [-0.15, -0.1) is 0 Å². The first kappa shape index (κ1) is 12.7. The van der Waals surface area contributed by atoms with Gasteiger partial charge in [-0.05, 0) is 36.5 Å². The SMILES string of the molecule is NNC(CCCc1ccccc1)c1ccnnc1. The van der Waals surface area contributed by atoms with E-state index in [9.17, 15) is 0 Å². The number of benzene rings is 1. The van der Waals surface area contributed by atoms with E-state index in [1.54, 1.807) is 12.4 Å². The van der Waals surface area contributed by atoms with E-state index in [1.165, 1.54) is 5.56 Å². The zero-order chi connectivity index (χ0) is 12.6. The molecule has 1 atom stereocenters. The van der Waals surface area contributed by atoms with Gasteiger partial charge in [0.15, 0.2) is 0 Å². The Balaban J connectivity index is 1.85. The van der Waals surface area contributed by atoms with E-state index in [0.29, 0.717) is 0 Å². The van der Waals surface area contributed by atoms with Crippen molar-refractivity contribution in [3.63, 3.8) is 0 Å². The molecule has 1 unspecified atom stereocenters. The Hall–Kier alpha value is -1.78. The molecule has 2 rings (SSSR count). The van der Waals surface area contributed by atoms with Crippen LogP contribution in [0.15, 0.2) is 48.8 Å². The minimum absolute atomic E-state index is 0.143. The summed E-state index contributed by atoms with van der Waals surface area (Å²) in [6.45, 7) is 0. The average Bonchev–Trinajstić information content (AvgIpc) is 2.46. The summed E-state index contributed by atoms with van der Waals surface area (Å²) in [5.74, 6) is 5.59. The molecule has 1 heterocycles. The molecule has 94 valence electrons. The Morgan fingerprint density at radius 1 is 1.11 bits per heavy atom. The van der Waals surface area contributed by atoms with Crippen LogP contribution in [0.2, 0.25) is 0 Å². The standard InChI is InChI=1S/C14H18N4/c15-18-14(13-9-10-16-17-11-13)8-4-7-12-5-2-1-3-6-12/h1-3,5-6,9-11,14,18H,4,7-8,15H2. The Morgan fingerprint density at radius 3 is 2.61 bits per heavy atom. The van der Waals surface area contributed by atoms with Gasteiger partial charge in [0.2, 0.25) is 0 Å². The van der Waals surface area contributed by atoms with E-state index in [4.69, 9.17) is 5.84 Å². The van der Waals surface area contributed by atoms with Gasteiger partial charge in [-0.3, -0.25) is 11.3 Å². The van der Waals surface area contributed by atoms with Crippen LogP contribution in [-0.4, -0.2) is 10.2 Å². The normalized spacial score (nSPS) is 12.3. The van der Waals surface area contributed by atoms with Crippen molar-refractivity contribution in [1.29, 1.82) is 0 Å². The molecule has 0 saturated heterocycles. The van der Waals surface area contributed by atoms with Gasteiger partial charge in [-0.2, -0.15) is 10.2 Å². The van der Waals surface area contributed by atoms with Gasteiger partial charge in [0.25, 0.3) is 0 Å². The van der Waals surface area contributed by atoms with Crippen molar-refractivity contribution in [3.05, 3.63) is 59.9 Å². The quantitative estimate of drug-likeness (QED) is 0.600. The third kappa shape index (κ3) is 3.61. The lowest BCUT2D eigenvalue weighted by molar-refractivity contribution is 0.496. The molecule has 4 heteroatoms. The number of aryl methyl sites for hydroxylation is 1. The second-order valence-electron chi connectivity index (χ2n) is 4.27. The van der Waals surface area contributed by atoms with Gasteiger partial charge in [-0.25, -0.2) is 0 Å². The van der Waals surface area contributed by atoms with Crippen molar-refractivity contribution in [2.24, 2.45) is 5.84 Å². The molecule has 0 radical (unpaired) electrons. The van der Waals surface area contributed by atoms with Gasteiger partial charge < -0.3 is 0 Å². The highest BCUT2D eigenvalue weighted by Crippen LogP contribution is 2.17. The summed E-state index contributed by atoms with van der Waals surface area (Å²) >= 11 is 0. The van der Waals surface area contributed by atoms with Crippen molar-refractivity contribution in [2.75, 3.05) is 0 Å². The first-order valence-corrected chi connectivity index (χ1v) is 6.17. The molecule has 2 aromatic rings. The van der Waals surface area contributed by atoms with Gasteiger partial charge >= 0.3 is 0 Å². The van der Waals surface area contributed by atoms with E-state index >= 15 is 0 Å². The maximum Gasteiger partial charge on any atom is 0.0544 e. The molecule has 1 aromatic carbocycles. The molecule has 0 fully saturated rings. The van der Waals surface area contributed by atoms with E-state index in [-0.39, 0.29) is 6.04 Å². The third-order valence-corrected chi connectivity index (χ3v) is 3.01. The molecular formula is C14H18N4. The minimum Gasteiger partial charge on any atom is -0.271 e. The minimum atomic E-state index is 0.143. The fourth-order valence-corrected chi connectivity index (χ4v) is 2.01. The molecule has 18 heavy (non-hydrogen) atoms. The van der Waals surface area contributed by atoms with Crippen LogP contribution < -0.4 is 11.3 Å². The average molecular weight is 242 g/mol. The lowest BCUT2D eigenvalue weighted by Crippen LogP contribution is -2.28. The molecular weight excluding hydrogens is 224 g/mol. The second-order valence-corrected chi connectivity index (χ2v) is 4.27. The van der Waals surface area contributed by atoms with E-state index < -0.39 is 0 Å². The van der Waals surface area contributed by atoms with Gasteiger partial charge in [0.1, 0.15) is 0 Å². The first-order chi connectivity index (χ1) is 8.90. The molecule has 0 bridgehead atoms. The molecule has 4 nitrogen and oxygen atoms in total. The molecule has 3 N–H and O–H groups in total. The first-order valence-electron chi connectivity index (χ1n) is 6.17. The van der Waals surface area contributed by atoms with Crippen LogP contribution in [0.1, 0.15) is 30.0 Å². The van der Waals surface area contributed by atoms with Crippen molar-refractivity contribution in [1.82, 2.24) is 15.6 Å². The van der Waals surface area contributed by atoms with Crippen molar-refractivity contribution in [2.45, 2.75) is 25.3 Å². The van der Waals surface area contributed by atoms with Crippen LogP contribution in [0.4, 0.5) is 0 Å². The molecule has 0 amide bonds. The summed E-state index contributed by atoms with van der Waals surface area (Å²) in [6.07, 6.45) is 6.58. The van der Waals surface area contributed by atoms with Crippen LogP contribution in [0, 0.1) is 0 Å². The van der Waals surface area contributed by atoms with Crippen LogP contribution >= 0.6 is 0 Å². The van der Waals surface area contributed by atoms with Crippen molar-refractivity contribution >= 4 is 0 Å². The zero-order valence-corrected chi connectivity index (χ0v) is 10.3. The number of nitrogens with one attached hydrogen (secondary N) is 1. The number of aromatic nitrogens is 2. The summed E-state index contributed by atoms with van der Waals surface area (Å²) in [5, 5.41) is 7.65.